The zero-order valence-electron chi connectivity index (χ0n) is 15.2. The van der Waals surface area contributed by atoms with Crippen molar-refractivity contribution in [1.29, 1.82) is 0 Å². The van der Waals surface area contributed by atoms with E-state index in [1.807, 2.05) is 6.08 Å². The van der Waals surface area contributed by atoms with Crippen molar-refractivity contribution in [3.63, 3.8) is 0 Å². The van der Waals surface area contributed by atoms with Gasteiger partial charge in [0, 0.05) is 6.42 Å². The van der Waals surface area contributed by atoms with E-state index in [9.17, 15) is 4.79 Å². The summed E-state index contributed by atoms with van der Waals surface area (Å²) in [6.45, 7) is 11.7. The first-order chi connectivity index (χ1) is 10.8. The second-order valence-electron chi connectivity index (χ2n) is 9.59. The fourth-order valence-electron chi connectivity index (χ4n) is 7.20. The molecular weight excluding hydrogens is 280 g/mol. The van der Waals surface area contributed by atoms with Gasteiger partial charge in [-0.25, -0.2) is 0 Å². The number of hydrogen-bond donors (Lipinski definition) is 0. The smallest absolute Gasteiger partial charge is 0.155 e. The Morgan fingerprint density at radius 1 is 1.04 bits per heavy atom. The summed E-state index contributed by atoms with van der Waals surface area (Å²) in [5, 5.41) is 0. The number of ketones is 1. The Morgan fingerprint density at radius 2 is 1.78 bits per heavy atom. The number of fused-ring (bicyclic) bond motifs is 5. The molecule has 0 bridgehead atoms. The molecule has 0 N–H and O–H groups in total. The van der Waals surface area contributed by atoms with E-state index in [1.54, 1.807) is 0 Å². The monoisotopic (exact) mass is 312 g/mol. The van der Waals surface area contributed by atoms with Crippen LogP contribution in [0.2, 0.25) is 0 Å². The molecule has 1 unspecified atom stereocenters. The van der Waals surface area contributed by atoms with Crippen LogP contribution >= 0.6 is 0 Å². The maximum atomic E-state index is 11.9. The standard InChI is InChI=1S/C22H32O/c1-5-20(2)11-9-19-17-7-6-15-14-16(23)8-12-21(15,3)18(17)10-13-22(19,20)4/h5,14,17-19H,1,6-13H2,2-4H3/t17?,18-,19-,20-,21-,22-/m0/s1. The summed E-state index contributed by atoms with van der Waals surface area (Å²) in [5.74, 6) is 2.91. The van der Waals surface area contributed by atoms with Crippen LogP contribution in [0, 0.1) is 34.0 Å². The van der Waals surface area contributed by atoms with Gasteiger partial charge in [-0.1, -0.05) is 32.4 Å². The molecule has 3 fully saturated rings. The molecule has 4 aliphatic rings. The third-order valence-electron chi connectivity index (χ3n) is 9.08. The Balaban J connectivity index is 1.70. The first-order valence-corrected chi connectivity index (χ1v) is 9.71. The highest BCUT2D eigenvalue weighted by atomic mass is 16.1. The molecule has 126 valence electrons. The second kappa shape index (κ2) is 4.83. The van der Waals surface area contributed by atoms with Crippen LogP contribution in [0.3, 0.4) is 0 Å². The minimum Gasteiger partial charge on any atom is -0.295 e. The van der Waals surface area contributed by atoms with E-state index in [1.165, 1.54) is 44.1 Å². The molecule has 0 aromatic heterocycles. The lowest BCUT2D eigenvalue weighted by atomic mass is 9.45. The zero-order valence-corrected chi connectivity index (χ0v) is 15.2. The van der Waals surface area contributed by atoms with Gasteiger partial charge in [0.15, 0.2) is 5.78 Å². The van der Waals surface area contributed by atoms with Crippen LogP contribution < -0.4 is 0 Å². The lowest BCUT2D eigenvalue weighted by Gasteiger charge is -2.59. The van der Waals surface area contributed by atoms with Gasteiger partial charge < -0.3 is 0 Å². The van der Waals surface area contributed by atoms with E-state index in [-0.39, 0.29) is 0 Å². The summed E-state index contributed by atoms with van der Waals surface area (Å²) in [7, 11) is 0. The molecule has 0 saturated heterocycles. The Kier molecular flexibility index (Phi) is 3.29. The first kappa shape index (κ1) is 15.7. The number of rotatable bonds is 1. The highest BCUT2D eigenvalue weighted by molar-refractivity contribution is 5.91. The molecule has 0 amide bonds. The molecular formula is C22H32O. The highest BCUT2D eigenvalue weighted by Crippen LogP contribution is 2.69. The minimum atomic E-state index is 0.311. The average molecular weight is 312 g/mol. The third-order valence-corrected chi connectivity index (χ3v) is 9.08. The van der Waals surface area contributed by atoms with Gasteiger partial charge in [0.25, 0.3) is 0 Å². The number of hydrogen-bond acceptors (Lipinski definition) is 1. The van der Waals surface area contributed by atoms with Crippen LogP contribution in [0.1, 0.15) is 72.1 Å². The molecule has 1 heteroatoms. The van der Waals surface area contributed by atoms with E-state index in [0.29, 0.717) is 22.0 Å². The van der Waals surface area contributed by atoms with Crippen LogP contribution in [-0.4, -0.2) is 5.78 Å². The summed E-state index contributed by atoms with van der Waals surface area (Å²) < 4.78 is 0. The van der Waals surface area contributed by atoms with Crippen molar-refractivity contribution in [2.45, 2.75) is 72.1 Å². The third kappa shape index (κ3) is 1.88. The van der Waals surface area contributed by atoms with Crippen LogP contribution in [-0.2, 0) is 4.79 Å². The van der Waals surface area contributed by atoms with Gasteiger partial charge in [-0.2, -0.15) is 0 Å². The molecule has 4 rings (SSSR count). The molecule has 23 heavy (non-hydrogen) atoms. The van der Waals surface area contributed by atoms with Gasteiger partial charge in [0.2, 0.25) is 0 Å². The van der Waals surface area contributed by atoms with Crippen LogP contribution in [0.25, 0.3) is 0 Å². The molecule has 4 aliphatic carbocycles. The van der Waals surface area contributed by atoms with Gasteiger partial charge in [-0.3, -0.25) is 4.79 Å². The Labute approximate surface area is 141 Å². The lowest BCUT2D eigenvalue weighted by molar-refractivity contribution is -0.117. The van der Waals surface area contributed by atoms with E-state index < -0.39 is 0 Å². The minimum absolute atomic E-state index is 0.311. The summed E-state index contributed by atoms with van der Waals surface area (Å²) >= 11 is 0. The van der Waals surface area contributed by atoms with E-state index in [0.717, 1.165) is 30.6 Å². The van der Waals surface area contributed by atoms with Crippen molar-refractivity contribution in [3.05, 3.63) is 24.3 Å². The van der Waals surface area contributed by atoms with Gasteiger partial charge >= 0.3 is 0 Å². The summed E-state index contributed by atoms with van der Waals surface area (Å²) in [6, 6.07) is 0. The normalized spacial score (nSPS) is 52.2. The number of carbonyl (C=O) groups is 1. The quantitative estimate of drug-likeness (QED) is 0.567. The fraction of sp³-hybridized carbons (Fsp3) is 0.773. The average Bonchev–Trinajstić information content (AvgIpc) is 2.80. The van der Waals surface area contributed by atoms with Crippen LogP contribution in [0.4, 0.5) is 0 Å². The summed E-state index contributed by atoms with van der Waals surface area (Å²) in [4.78, 5) is 11.9. The second-order valence-corrected chi connectivity index (χ2v) is 9.59. The maximum absolute atomic E-state index is 11.9. The largest absolute Gasteiger partial charge is 0.295 e. The zero-order chi connectivity index (χ0) is 16.5. The first-order valence-electron chi connectivity index (χ1n) is 9.71. The van der Waals surface area contributed by atoms with Crippen molar-refractivity contribution >= 4 is 5.78 Å². The van der Waals surface area contributed by atoms with Gasteiger partial charge in [-0.15, -0.1) is 6.58 Å². The SMILES string of the molecule is C=C[C@@]1(C)CC[C@H]2C3CCC4=CC(=O)CC[C@]4(C)[C@H]3CC[C@@]21C. The molecule has 0 aromatic carbocycles. The van der Waals surface area contributed by atoms with Crippen molar-refractivity contribution in [2.24, 2.45) is 34.0 Å². The molecule has 0 aromatic rings. The van der Waals surface area contributed by atoms with E-state index >= 15 is 0 Å². The Hall–Kier alpha value is -0.850. The molecule has 6 atom stereocenters. The molecule has 1 nitrogen and oxygen atoms in total. The predicted molar refractivity (Wildman–Crippen MR) is 95.0 cm³/mol. The van der Waals surface area contributed by atoms with Crippen molar-refractivity contribution in [2.75, 3.05) is 0 Å². The maximum Gasteiger partial charge on any atom is 0.155 e. The molecule has 3 saturated carbocycles. The molecule has 0 aliphatic heterocycles. The van der Waals surface area contributed by atoms with Gasteiger partial charge in [-0.05, 0) is 85.0 Å². The van der Waals surface area contributed by atoms with Crippen molar-refractivity contribution in [1.82, 2.24) is 0 Å². The molecule has 0 radical (unpaired) electrons. The topological polar surface area (TPSA) is 17.1 Å². The Morgan fingerprint density at radius 3 is 2.52 bits per heavy atom. The summed E-state index contributed by atoms with van der Waals surface area (Å²) in [6.07, 6.45) is 14.0. The number of allylic oxidation sites excluding steroid dienone is 2. The van der Waals surface area contributed by atoms with Crippen molar-refractivity contribution < 1.29 is 4.79 Å². The van der Waals surface area contributed by atoms with E-state index in [2.05, 4.69) is 33.4 Å². The van der Waals surface area contributed by atoms with E-state index in [4.69, 9.17) is 0 Å². The highest BCUT2D eigenvalue weighted by Gasteiger charge is 2.61. The molecule has 0 spiro atoms. The lowest BCUT2D eigenvalue weighted by Crippen LogP contribution is -2.51. The Bertz CT molecular complexity index is 587. The fourth-order valence-corrected chi connectivity index (χ4v) is 7.20. The molecule has 0 heterocycles. The van der Waals surface area contributed by atoms with Crippen LogP contribution in [0.15, 0.2) is 24.3 Å². The number of carbonyl (C=O) groups excluding carboxylic acids is 1. The predicted octanol–water partition coefficient (Wildman–Crippen LogP) is 5.71. The summed E-state index contributed by atoms with van der Waals surface area (Å²) in [5.41, 5.74) is 2.56. The van der Waals surface area contributed by atoms with Gasteiger partial charge in [0.1, 0.15) is 0 Å². The van der Waals surface area contributed by atoms with Crippen LogP contribution in [0.5, 0.6) is 0 Å². The van der Waals surface area contributed by atoms with Crippen molar-refractivity contribution in [3.8, 4) is 0 Å². The van der Waals surface area contributed by atoms with Gasteiger partial charge in [0.05, 0.1) is 0 Å².